The first-order chi connectivity index (χ1) is 9.72. The number of halogens is 1. The summed E-state index contributed by atoms with van der Waals surface area (Å²) in [6, 6.07) is 8.45. The Labute approximate surface area is 121 Å². The van der Waals surface area contributed by atoms with Crippen molar-refractivity contribution in [2.45, 2.75) is 11.6 Å². The number of nitrogens with two attached hydrogens (primary N) is 1. The number of hydrogen-bond acceptors (Lipinski definition) is 6. The Morgan fingerprint density at radius 3 is 2.70 bits per heavy atom. The Hall–Kier alpha value is -1.86. The summed E-state index contributed by atoms with van der Waals surface area (Å²) >= 11 is 1.43. The predicted octanol–water partition coefficient (Wildman–Crippen LogP) is 2.28. The highest BCUT2D eigenvalue weighted by molar-refractivity contribution is 7.98. The summed E-state index contributed by atoms with van der Waals surface area (Å²) in [6.07, 6.45) is 2.47. The molecular formula is C13H16FN5S. The minimum absolute atomic E-state index is 0.189. The van der Waals surface area contributed by atoms with E-state index in [-0.39, 0.29) is 5.82 Å². The van der Waals surface area contributed by atoms with E-state index in [2.05, 4.69) is 20.7 Å². The normalized spacial score (nSPS) is 10.3. The summed E-state index contributed by atoms with van der Waals surface area (Å²) in [5.74, 6) is 6.37. The van der Waals surface area contributed by atoms with Gasteiger partial charge in [-0.3, -0.25) is 0 Å². The molecular weight excluding hydrogens is 277 g/mol. The number of aromatic nitrogens is 2. The summed E-state index contributed by atoms with van der Waals surface area (Å²) in [4.78, 5) is 8.47. The number of nitrogen functional groups attached to an aromatic ring is 1. The summed E-state index contributed by atoms with van der Waals surface area (Å²) in [5, 5.41) is 3.76. The molecule has 0 saturated heterocycles. The maximum atomic E-state index is 13.5. The number of hydrogen-bond donors (Lipinski definition) is 3. The van der Waals surface area contributed by atoms with Gasteiger partial charge in [0.05, 0.1) is 0 Å². The van der Waals surface area contributed by atoms with Crippen molar-refractivity contribution >= 4 is 23.4 Å². The second kappa shape index (κ2) is 7.06. The summed E-state index contributed by atoms with van der Waals surface area (Å²) in [7, 11) is 0. The molecule has 0 atom stereocenters. The van der Waals surface area contributed by atoms with Crippen LogP contribution >= 0.6 is 11.8 Å². The number of anilines is 2. The van der Waals surface area contributed by atoms with Gasteiger partial charge in [-0.15, -0.1) is 0 Å². The fraction of sp³-hybridized carbons (Fsp3) is 0.231. The van der Waals surface area contributed by atoms with Gasteiger partial charge in [-0.05, 0) is 24.3 Å². The molecule has 0 spiro atoms. The lowest BCUT2D eigenvalue weighted by atomic mass is 10.1. The van der Waals surface area contributed by atoms with E-state index in [9.17, 15) is 4.39 Å². The van der Waals surface area contributed by atoms with Crippen molar-refractivity contribution in [2.75, 3.05) is 23.5 Å². The van der Waals surface area contributed by atoms with Gasteiger partial charge in [0.15, 0.2) is 5.16 Å². The Bertz CT molecular complexity index is 556. The molecule has 0 aliphatic rings. The highest BCUT2D eigenvalue weighted by atomic mass is 32.2. The van der Waals surface area contributed by atoms with Crippen LogP contribution in [-0.2, 0) is 6.42 Å². The molecule has 106 valence electrons. The van der Waals surface area contributed by atoms with Gasteiger partial charge in [-0.25, -0.2) is 20.2 Å². The molecule has 0 aliphatic heterocycles. The van der Waals surface area contributed by atoms with Crippen LogP contribution in [0.4, 0.5) is 16.0 Å². The van der Waals surface area contributed by atoms with Gasteiger partial charge >= 0.3 is 0 Å². The van der Waals surface area contributed by atoms with Crippen LogP contribution in [0.1, 0.15) is 5.56 Å². The third kappa shape index (κ3) is 3.82. The Kier molecular flexibility index (Phi) is 5.14. The molecule has 0 aliphatic carbocycles. The van der Waals surface area contributed by atoms with E-state index in [1.165, 1.54) is 17.8 Å². The zero-order chi connectivity index (χ0) is 14.4. The first-order valence-corrected chi connectivity index (χ1v) is 7.32. The van der Waals surface area contributed by atoms with Crippen LogP contribution in [0.15, 0.2) is 35.5 Å². The number of thioether (sulfide) groups is 1. The Balaban J connectivity index is 1.99. The summed E-state index contributed by atoms with van der Waals surface area (Å²) < 4.78 is 13.5. The van der Waals surface area contributed by atoms with Crippen LogP contribution in [0, 0.1) is 5.82 Å². The van der Waals surface area contributed by atoms with Crippen LogP contribution in [-0.4, -0.2) is 22.8 Å². The van der Waals surface area contributed by atoms with Gasteiger partial charge in [-0.1, -0.05) is 30.0 Å². The minimum atomic E-state index is -0.189. The maximum Gasteiger partial charge on any atom is 0.191 e. The molecule has 5 nitrogen and oxygen atoms in total. The van der Waals surface area contributed by atoms with Crippen molar-refractivity contribution in [3.63, 3.8) is 0 Å². The van der Waals surface area contributed by atoms with Gasteiger partial charge in [0.2, 0.25) is 0 Å². The fourth-order valence-corrected chi connectivity index (χ4v) is 2.09. The number of hydrazine groups is 1. The zero-order valence-electron chi connectivity index (χ0n) is 11.1. The maximum absolute atomic E-state index is 13.5. The molecule has 0 radical (unpaired) electrons. The van der Waals surface area contributed by atoms with Crippen LogP contribution in [0.3, 0.4) is 0 Å². The number of rotatable bonds is 6. The van der Waals surface area contributed by atoms with Crippen molar-refractivity contribution in [1.82, 2.24) is 9.97 Å². The standard InChI is InChI=1S/C13H16FN5S/c1-20-13-17-11(8-12(18-13)19-15)16-7-6-9-4-2-3-5-10(9)14/h2-5,8H,6-7,15H2,1H3,(H2,16,17,18,19). The third-order valence-electron chi connectivity index (χ3n) is 2.69. The molecule has 0 bridgehead atoms. The van der Waals surface area contributed by atoms with E-state index in [1.807, 2.05) is 12.3 Å². The average Bonchev–Trinajstić information content (AvgIpc) is 2.48. The number of benzene rings is 1. The van der Waals surface area contributed by atoms with Crippen molar-refractivity contribution in [2.24, 2.45) is 5.84 Å². The molecule has 4 N–H and O–H groups in total. The molecule has 1 aromatic heterocycles. The van der Waals surface area contributed by atoms with Crippen LogP contribution < -0.4 is 16.6 Å². The lowest BCUT2D eigenvalue weighted by Crippen LogP contribution is -2.12. The molecule has 0 fully saturated rings. The largest absolute Gasteiger partial charge is 0.370 e. The molecule has 2 aromatic rings. The highest BCUT2D eigenvalue weighted by Gasteiger charge is 2.04. The van der Waals surface area contributed by atoms with Crippen molar-refractivity contribution in [3.8, 4) is 0 Å². The second-order valence-corrected chi connectivity index (χ2v) is 4.81. The average molecular weight is 293 g/mol. The van der Waals surface area contributed by atoms with Crippen molar-refractivity contribution < 1.29 is 4.39 Å². The smallest absolute Gasteiger partial charge is 0.191 e. The van der Waals surface area contributed by atoms with Gasteiger partial charge in [0, 0.05) is 12.6 Å². The summed E-state index contributed by atoms with van der Waals surface area (Å²) in [6.45, 7) is 0.579. The molecule has 20 heavy (non-hydrogen) atoms. The molecule has 2 rings (SSSR count). The van der Waals surface area contributed by atoms with Crippen molar-refractivity contribution in [3.05, 3.63) is 41.7 Å². The first-order valence-electron chi connectivity index (χ1n) is 6.10. The van der Waals surface area contributed by atoms with Crippen LogP contribution in [0.5, 0.6) is 0 Å². The van der Waals surface area contributed by atoms with E-state index >= 15 is 0 Å². The molecule has 0 unspecified atom stereocenters. The minimum Gasteiger partial charge on any atom is -0.370 e. The molecule has 1 heterocycles. The van der Waals surface area contributed by atoms with Crippen LogP contribution in [0.2, 0.25) is 0 Å². The molecule has 0 amide bonds. The van der Waals surface area contributed by atoms with E-state index in [0.717, 1.165) is 0 Å². The second-order valence-electron chi connectivity index (χ2n) is 4.04. The lowest BCUT2D eigenvalue weighted by molar-refractivity contribution is 0.610. The lowest BCUT2D eigenvalue weighted by Gasteiger charge is -2.09. The predicted molar refractivity (Wildman–Crippen MR) is 80.2 cm³/mol. The van der Waals surface area contributed by atoms with E-state index in [1.54, 1.807) is 18.2 Å². The summed E-state index contributed by atoms with van der Waals surface area (Å²) in [5.41, 5.74) is 3.17. The van der Waals surface area contributed by atoms with Gasteiger partial charge < -0.3 is 10.7 Å². The monoisotopic (exact) mass is 293 g/mol. The van der Waals surface area contributed by atoms with E-state index < -0.39 is 0 Å². The molecule has 1 aromatic carbocycles. The fourth-order valence-electron chi connectivity index (χ4n) is 1.71. The molecule has 7 heteroatoms. The highest BCUT2D eigenvalue weighted by Crippen LogP contribution is 2.16. The Morgan fingerprint density at radius 1 is 1.25 bits per heavy atom. The Morgan fingerprint density at radius 2 is 2.00 bits per heavy atom. The van der Waals surface area contributed by atoms with E-state index in [4.69, 9.17) is 5.84 Å². The van der Waals surface area contributed by atoms with E-state index in [0.29, 0.717) is 35.3 Å². The SMILES string of the molecule is CSc1nc(NN)cc(NCCc2ccccc2F)n1. The third-order valence-corrected chi connectivity index (χ3v) is 3.24. The molecule has 0 saturated carbocycles. The van der Waals surface area contributed by atoms with Crippen LogP contribution in [0.25, 0.3) is 0 Å². The van der Waals surface area contributed by atoms with Gasteiger partial charge in [0.1, 0.15) is 17.5 Å². The first kappa shape index (κ1) is 14.5. The van der Waals surface area contributed by atoms with Gasteiger partial charge in [-0.2, -0.15) is 0 Å². The zero-order valence-corrected chi connectivity index (χ0v) is 11.9. The van der Waals surface area contributed by atoms with Gasteiger partial charge in [0.25, 0.3) is 0 Å². The quantitative estimate of drug-likeness (QED) is 0.328. The number of nitrogens with one attached hydrogen (secondary N) is 2. The topological polar surface area (TPSA) is 75.9 Å². The number of nitrogens with zero attached hydrogens (tertiary/aromatic N) is 2. The van der Waals surface area contributed by atoms with Crippen molar-refractivity contribution in [1.29, 1.82) is 0 Å².